The first-order valence-corrected chi connectivity index (χ1v) is 25.4. The number of unbranched alkanes of at least 4 members (excludes halogenated alkanes) is 31. The number of rotatable bonds is 46. The van der Waals surface area contributed by atoms with E-state index >= 15 is 0 Å². The maximum Gasteiger partial charge on any atom is 0.472 e. The highest BCUT2D eigenvalue weighted by molar-refractivity contribution is 7.47. The molecule has 9 heteroatoms. The molecule has 0 radical (unpaired) electrons. The van der Waals surface area contributed by atoms with Gasteiger partial charge in [0.2, 0.25) is 0 Å². The third-order valence-corrected chi connectivity index (χ3v) is 11.4. The van der Waals surface area contributed by atoms with Gasteiger partial charge in [0.05, 0.1) is 19.5 Å². The van der Waals surface area contributed by atoms with Crippen LogP contribution in [0.1, 0.15) is 239 Å². The summed E-state index contributed by atoms with van der Waals surface area (Å²) in [6.45, 7) is 4.27. The minimum absolute atomic E-state index is 0.0359. The van der Waals surface area contributed by atoms with E-state index in [4.69, 9.17) is 24.3 Å². The Morgan fingerprint density at radius 2 is 0.911 bits per heavy atom. The van der Waals surface area contributed by atoms with E-state index in [0.29, 0.717) is 6.42 Å². The zero-order valence-electron chi connectivity index (χ0n) is 36.9. The van der Waals surface area contributed by atoms with Crippen LogP contribution in [0.4, 0.5) is 0 Å². The van der Waals surface area contributed by atoms with Crippen molar-refractivity contribution in [3.63, 3.8) is 0 Å². The predicted molar refractivity (Wildman–Crippen MR) is 238 cm³/mol. The summed E-state index contributed by atoms with van der Waals surface area (Å²) in [6.07, 6.45) is 51.5. The average Bonchev–Trinajstić information content (AvgIpc) is 3.19. The lowest BCUT2D eigenvalue weighted by Gasteiger charge is -2.19. The van der Waals surface area contributed by atoms with Gasteiger partial charge in [-0.25, -0.2) is 4.57 Å². The lowest BCUT2D eigenvalue weighted by molar-refractivity contribution is -0.153. The molecule has 0 aliphatic heterocycles. The molecule has 8 nitrogen and oxygen atoms in total. The fourth-order valence-corrected chi connectivity index (χ4v) is 7.67. The molecule has 0 amide bonds. The molecule has 56 heavy (non-hydrogen) atoms. The number of carbonyl (C=O) groups is 1. The number of hydrogen-bond donors (Lipinski definition) is 2. The molecular formula is C47H92NO7P. The summed E-state index contributed by atoms with van der Waals surface area (Å²) >= 11 is 0. The van der Waals surface area contributed by atoms with E-state index in [1.807, 2.05) is 6.08 Å². The molecule has 0 heterocycles. The highest BCUT2D eigenvalue weighted by Gasteiger charge is 2.25. The standard InChI is InChI=1S/C47H92NO7P/c1-3-5-7-9-11-13-15-17-19-21-22-23-24-25-26-28-30-32-34-36-38-40-47(49)55-46(45-54-56(50,51)53-43-41-48)44-52-42-39-37-35-33-31-29-27-20-18-16-14-12-10-8-6-4-2/h17,19,39,42,46H,3-16,18,20-38,40-41,43-45,48H2,1-2H3,(H,50,51)/b19-17-,42-39-/t46-/m1/s1. The number of nitrogens with two attached hydrogens (primary N) is 1. The van der Waals surface area contributed by atoms with Gasteiger partial charge in [0, 0.05) is 13.0 Å². The van der Waals surface area contributed by atoms with Gasteiger partial charge in [0.1, 0.15) is 6.61 Å². The van der Waals surface area contributed by atoms with Gasteiger partial charge in [0.15, 0.2) is 6.10 Å². The van der Waals surface area contributed by atoms with Crippen molar-refractivity contribution in [2.75, 3.05) is 26.4 Å². The van der Waals surface area contributed by atoms with Gasteiger partial charge in [-0.3, -0.25) is 13.8 Å². The maximum absolute atomic E-state index is 12.6. The summed E-state index contributed by atoms with van der Waals surface area (Å²) in [7, 11) is -4.29. The van der Waals surface area contributed by atoms with Crippen LogP contribution in [0.5, 0.6) is 0 Å². The number of esters is 1. The molecule has 0 aliphatic carbocycles. The van der Waals surface area contributed by atoms with E-state index in [2.05, 4.69) is 26.0 Å². The summed E-state index contributed by atoms with van der Waals surface area (Å²) < 4.78 is 33.3. The van der Waals surface area contributed by atoms with Gasteiger partial charge in [-0.05, 0) is 51.0 Å². The second-order valence-corrected chi connectivity index (χ2v) is 17.5. The van der Waals surface area contributed by atoms with Crippen molar-refractivity contribution in [3.8, 4) is 0 Å². The fourth-order valence-electron chi connectivity index (χ4n) is 6.90. The Kier molecular flexibility index (Phi) is 44.0. The van der Waals surface area contributed by atoms with E-state index in [0.717, 1.165) is 32.1 Å². The zero-order chi connectivity index (χ0) is 40.9. The van der Waals surface area contributed by atoms with Gasteiger partial charge in [-0.1, -0.05) is 199 Å². The number of hydrogen-bond acceptors (Lipinski definition) is 7. The fraction of sp³-hybridized carbons (Fsp3) is 0.894. The second kappa shape index (κ2) is 44.9. The third-order valence-electron chi connectivity index (χ3n) is 10.4. The molecule has 0 aliphatic rings. The highest BCUT2D eigenvalue weighted by Crippen LogP contribution is 2.43. The Labute approximate surface area is 346 Å². The molecule has 3 N–H and O–H groups in total. The largest absolute Gasteiger partial charge is 0.498 e. The number of carbonyl (C=O) groups excluding carboxylic acids is 1. The van der Waals surface area contributed by atoms with Crippen LogP contribution in [-0.2, 0) is 27.9 Å². The van der Waals surface area contributed by atoms with Crippen LogP contribution in [0.3, 0.4) is 0 Å². The first-order chi connectivity index (χ1) is 27.4. The van der Waals surface area contributed by atoms with Crippen LogP contribution in [0.15, 0.2) is 24.5 Å². The van der Waals surface area contributed by atoms with Crippen LogP contribution < -0.4 is 5.73 Å². The Morgan fingerprint density at radius 1 is 0.536 bits per heavy atom. The molecular weight excluding hydrogens is 721 g/mol. The minimum Gasteiger partial charge on any atom is -0.498 e. The average molecular weight is 814 g/mol. The molecule has 0 saturated carbocycles. The Hall–Kier alpha value is -1.18. The van der Waals surface area contributed by atoms with Crippen LogP contribution in [0.25, 0.3) is 0 Å². The molecule has 2 atom stereocenters. The summed E-state index contributed by atoms with van der Waals surface area (Å²) in [4.78, 5) is 22.5. The zero-order valence-corrected chi connectivity index (χ0v) is 37.8. The van der Waals surface area contributed by atoms with Gasteiger partial charge < -0.3 is 20.1 Å². The summed E-state index contributed by atoms with van der Waals surface area (Å²) in [6, 6.07) is 0. The first kappa shape index (κ1) is 54.8. The molecule has 0 fully saturated rings. The van der Waals surface area contributed by atoms with Crippen LogP contribution in [-0.4, -0.2) is 43.3 Å². The van der Waals surface area contributed by atoms with Gasteiger partial charge in [-0.2, -0.15) is 0 Å². The van der Waals surface area contributed by atoms with E-state index < -0.39 is 13.9 Å². The SMILES string of the molecule is CCCCCCCC/C=C\CCCCCCCCCCCCCC(=O)O[C@H](CO/C=C\CCCCCCCCCCCCCCCC)COP(=O)(O)OCCN. The number of ether oxygens (including phenoxy) is 2. The van der Waals surface area contributed by atoms with E-state index in [1.54, 1.807) is 6.26 Å². The van der Waals surface area contributed by atoms with Crippen LogP contribution in [0.2, 0.25) is 0 Å². The van der Waals surface area contributed by atoms with Crippen molar-refractivity contribution >= 4 is 13.8 Å². The number of phosphoric acid groups is 1. The molecule has 0 bridgehead atoms. The van der Waals surface area contributed by atoms with E-state index in [9.17, 15) is 14.3 Å². The monoisotopic (exact) mass is 814 g/mol. The quantitative estimate of drug-likeness (QED) is 0.0205. The van der Waals surface area contributed by atoms with Gasteiger partial charge in [-0.15, -0.1) is 0 Å². The Morgan fingerprint density at radius 3 is 1.32 bits per heavy atom. The lowest BCUT2D eigenvalue weighted by atomic mass is 10.0. The topological polar surface area (TPSA) is 117 Å². The highest BCUT2D eigenvalue weighted by atomic mass is 31.2. The van der Waals surface area contributed by atoms with Gasteiger partial charge in [0.25, 0.3) is 0 Å². The molecule has 0 aromatic carbocycles. The van der Waals surface area contributed by atoms with Gasteiger partial charge >= 0.3 is 13.8 Å². The van der Waals surface area contributed by atoms with Crippen LogP contribution in [0, 0.1) is 0 Å². The lowest BCUT2D eigenvalue weighted by Crippen LogP contribution is -2.27. The van der Waals surface area contributed by atoms with Crippen molar-refractivity contribution in [3.05, 3.63) is 24.5 Å². The van der Waals surface area contributed by atoms with Crippen molar-refractivity contribution in [1.29, 1.82) is 0 Å². The molecule has 332 valence electrons. The first-order valence-electron chi connectivity index (χ1n) is 23.9. The maximum atomic E-state index is 12.6. The normalized spacial score (nSPS) is 13.5. The summed E-state index contributed by atoms with van der Waals surface area (Å²) in [5.74, 6) is -0.350. The molecule has 0 saturated heterocycles. The van der Waals surface area contributed by atoms with Crippen molar-refractivity contribution in [2.45, 2.75) is 245 Å². The Bertz CT molecular complexity index is 915. The summed E-state index contributed by atoms with van der Waals surface area (Å²) in [5, 5.41) is 0. The van der Waals surface area contributed by atoms with Crippen LogP contribution >= 0.6 is 7.82 Å². The van der Waals surface area contributed by atoms with E-state index in [1.165, 1.54) is 186 Å². The molecule has 0 aromatic heterocycles. The Balaban J connectivity index is 3.98. The number of phosphoric ester groups is 1. The molecule has 0 rings (SSSR count). The second-order valence-electron chi connectivity index (χ2n) is 16.0. The summed E-state index contributed by atoms with van der Waals surface area (Å²) in [5.41, 5.74) is 5.37. The van der Waals surface area contributed by atoms with E-state index in [-0.39, 0.29) is 32.3 Å². The van der Waals surface area contributed by atoms with Crippen molar-refractivity contribution < 1.29 is 32.8 Å². The minimum atomic E-state index is -4.29. The molecule has 0 aromatic rings. The van der Waals surface area contributed by atoms with Crippen molar-refractivity contribution in [1.82, 2.24) is 0 Å². The smallest absolute Gasteiger partial charge is 0.472 e. The predicted octanol–water partition coefficient (Wildman–Crippen LogP) is 14.8. The third kappa shape index (κ3) is 43.9. The molecule has 1 unspecified atom stereocenters. The molecule has 0 spiro atoms. The number of allylic oxidation sites excluding steroid dienone is 3. The van der Waals surface area contributed by atoms with Crippen molar-refractivity contribution in [2.24, 2.45) is 5.73 Å².